The van der Waals surface area contributed by atoms with Gasteiger partial charge in [-0.25, -0.2) is 0 Å². The van der Waals surface area contributed by atoms with Gasteiger partial charge in [0.05, 0.1) is 30.5 Å². The Bertz CT molecular complexity index is 484. The van der Waals surface area contributed by atoms with Gasteiger partial charge in [0.2, 0.25) is 0 Å². The second-order valence-electron chi connectivity index (χ2n) is 4.93. The summed E-state index contributed by atoms with van der Waals surface area (Å²) in [6, 6.07) is 5.02. The number of rotatable bonds is 4. The van der Waals surface area contributed by atoms with E-state index in [1.807, 2.05) is 0 Å². The van der Waals surface area contributed by atoms with Gasteiger partial charge >= 0.3 is 0 Å². The van der Waals surface area contributed by atoms with Crippen molar-refractivity contribution >= 4 is 11.6 Å². The standard InChI is InChI=1S/C14H20N2O4/c1-19-12-10(3-2-4-11(12)15)13(18)16-14(9-17)5-7-20-8-6-14/h2-4,17H,5-9,15H2,1H3,(H,16,18). The number of aliphatic hydroxyl groups excluding tert-OH is 1. The van der Waals surface area contributed by atoms with E-state index in [4.69, 9.17) is 15.2 Å². The van der Waals surface area contributed by atoms with Crippen molar-refractivity contribution in [3.05, 3.63) is 23.8 Å². The number of para-hydroxylation sites is 1. The summed E-state index contributed by atoms with van der Waals surface area (Å²) in [5, 5.41) is 12.5. The van der Waals surface area contributed by atoms with Gasteiger partial charge < -0.3 is 25.6 Å². The normalized spacial score (nSPS) is 17.5. The molecule has 0 unspecified atom stereocenters. The second-order valence-corrected chi connectivity index (χ2v) is 4.93. The number of ether oxygens (including phenoxy) is 2. The highest BCUT2D eigenvalue weighted by Crippen LogP contribution is 2.27. The molecule has 0 radical (unpaired) electrons. The first-order valence-electron chi connectivity index (χ1n) is 6.55. The van der Waals surface area contributed by atoms with Gasteiger partial charge in [-0.3, -0.25) is 4.79 Å². The van der Waals surface area contributed by atoms with Gasteiger partial charge in [0, 0.05) is 13.2 Å². The van der Waals surface area contributed by atoms with E-state index in [9.17, 15) is 9.90 Å². The third-order valence-electron chi connectivity index (χ3n) is 3.63. The molecule has 4 N–H and O–H groups in total. The Kier molecular flexibility index (Phi) is 4.46. The maximum Gasteiger partial charge on any atom is 0.255 e. The molecule has 0 aliphatic carbocycles. The lowest BCUT2D eigenvalue weighted by atomic mass is 9.90. The van der Waals surface area contributed by atoms with Crippen molar-refractivity contribution < 1.29 is 19.4 Å². The lowest BCUT2D eigenvalue weighted by Crippen LogP contribution is -2.54. The molecule has 1 fully saturated rings. The molecule has 1 aromatic rings. The van der Waals surface area contributed by atoms with Gasteiger partial charge in [0.25, 0.3) is 5.91 Å². The monoisotopic (exact) mass is 280 g/mol. The van der Waals surface area contributed by atoms with Crippen LogP contribution in [0.5, 0.6) is 5.75 Å². The zero-order chi connectivity index (χ0) is 14.6. The Balaban J connectivity index is 2.21. The number of carbonyl (C=O) groups excluding carboxylic acids is 1. The minimum absolute atomic E-state index is 0.118. The molecule has 0 aromatic heterocycles. The fraction of sp³-hybridized carbons (Fsp3) is 0.500. The number of carbonyl (C=O) groups is 1. The predicted octanol–water partition coefficient (Wildman–Crippen LogP) is 0.549. The fourth-order valence-electron chi connectivity index (χ4n) is 2.35. The van der Waals surface area contributed by atoms with Crippen molar-refractivity contribution in [3.8, 4) is 5.75 Å². The largest absolute Gasteiger partial charge is 0.494 e. The lowest BCUT2D eigenvalue weighted by Gasteiger charge is -2.36. The second kappa shape index (κ2) is 6.11. The summed E-state index contributed by atoms with van der Waals surface area (Å²) in [5.41, 5.74) is 5.93. The van der Waals surface area contributed by atoms with Crippen LogP contribution in [0.4, 0.5) is 5.69 Å². The van der Waals surface area contributed by atoms with E-state index in [1.54, 1.807) is 18.2 Å². The highest BCUT2D eigenvalue weighted by molar-refractivity contribution is 5.99. The third kappa shape index (κ3) is 2.86. The van der Waals surface area contributed by atoms with Crippen LogP contribution in [0.3, 0.4) is 0 Å². The molecule has 6 heteroatoms. The van der Waals surface area contributed by atoms with E-state index in [-0.39, 0.29) is 12.5 Å². The van der Waals surface area contributed by atoms with Gasteiger partial charge in [0.1, 0.15) is 0 Å². The third-order valence-corrected chi connectivity index (χ3v) is 3.63. The van der Waals surface area contributed by atoms with Crippen LogP contribution < -0.4 is 15.8 Å². The predicted molar refractivity (Wildman–Crippen MR) is 74.7 cm³/mol. The first-order chi connectivity index (χ1) is 9.62. The van der Waals surface area contributed by atoms with Crippen LogP contribution in [0.15, 0.2) is 18.2 Å². The molecule has 6 nitrogen and oxygen atoms in total. The average Bonchev–Trinajstić information content (AvgIpc) is 2.47. The fourth-order valence-corrected chi connectivity index (χ4v) is 2.35. The molecule has 20 heavy (non-hydrogen) atoms. The van der Waals surface area contributed by atoms with Crippen molar-refractivity contribution in [1.82, 2.24) is 5.32 Å². The maximum atomic E-state index is 12.4. The number of benzene rings is 1. The van der Waals surface area contributed by atoms with E-state index in [2.05, 4.69) is 5.32 Å². The maximum absolute atomic E-state index is 12.4. The number of anilines is 1. The number of aliphatic hydroxyl groups is 1. The summed E-state index contributed by atoms with van der Waals surface area (Å²) < 4.78 is 10.5. The van der Waals surface area contributed by atoms with Crippen molar-refractivity contribution in [1.29, 1.82) is 0 Å². The Morgan fingerprint density at radius 3 is 2.80 bits per heavy atom. The van der Waals surface area contributed by atoms with Gasteiger partial charge in [-0.2, -0.15) is 0 Å². The van der Waals surface area contributed by atoms with E-state index in [0.29, 0.717) is 43.1 Å². The number of methoxy groups -OCH3 is 1. The summed E-state index contributed by atoms with van der Waals surface area (Å²) in [5.74, 6) is 0.0512. The Hall–Kier alpha value is -1.79. The molecular weight excluding hydrogens is 260 g/mol. The molecule has 2 rings (SSSR count). The molecule has 1 aliphatic rings. The van der Waals surface area contributed by atoms with Gasteiger partial charge in [0.15, 0.2) is 5.75 Å². The molecule has 0 atom stereocenters. The highest BCUT2D eigenvalue weighted by atomic mass is 16.5. The number of hydrogen-bond donors (Lipinski definition) is 3. The SMILES string of the molecule is COc1c(N)cccc1C(=O)NC1(CO)CCOCC1. The molecule has 1 heterocycles. The zero-order valence-electron chi connectivity index (χ0n) is 11.5. The number of nitrogens with two attached hydrogens (primary N) is 1. The lowest BCUT2D eigenvalue weighted by molar-refractivity contribution is 0.0125. The summed E-state index contributed by atoms with van der Waals surface area (Å²) in [4.78, 5) is 12.4. The zero-order valence-corrected chi connectivity index (χ0v) is 11.5. The Labute approximate surface area is 117 Å². The van der Waals surface area contributed by atoms with Crippen LogP contribution in [0, 0.1) is 0 Å². The molecule has 1 amide bonds. The van der Waals surface area contributed by atoms with Crippen LogP contribution in [0.25, 0.3) is 0 Å². The molecule has 110 valence electrons. The summed E-state index contributed by atoms with van der Waals surface area (Å²) >= 11 is 0. The number of nitrogens with one attached hydrogen (secondary N) is 1. The molecule has 1 aromatic carbocycles. The van der Waals surface area contributed by atoms with Gasteiger partial charge in [-0.05, 0) is 25.0 Å². The molecule has 1 saturated heterocycles. The summed E-state index contributed by atoms with van der Waals surface area (Å²) in [6.07, 6.45) is 1.17. The minimum Gasteiger partial charge on any atom is -0.494 e. The van der Waals surface area contributed by atoms with Crippen LogP contribution in [0.2, 0.25) is 0 Å². The van der Waals surface area contributed by atoms with Gasteiger partial charge in [-0.1, -0.05) is 6.07 Å². The van der Waals surface area contributed by atoms with Crippen LogP contribution >= 0.6 is 0 Å². The number of hydrogen-bond acceptors (Lipinski definition) is 5. The van der Waals surface area contributed by atoms with Crippen molar-refractivity contribution in [3.63, 3.8) is 0 Å². The Morgan fingerprint density at radius 1 is 1.50 bits per heavy atom. The molecule has 0 saturated carbocycles. The smallest absolute Gasteiger partial charge is 0.255 e. The molecular formula is C14H20N2O4. The van der Waals surface area contributed by atoms with E-state index >= 15 is 0 Å². The Morgan fingerprint density at radius 2 is 2.20 bits per heavy atom. The number of nitrogen functional groups attached to an aromatic ring is 1. The van der Waals surface area contributed by atoms with E-state index in [0.717, 1.165) is 0 Å². The average molecular weight is 280 g/mol. The molecule has 1 aliphatic heterocycles. The van der Waals surface area contributed by atoms with Crippen LogP contribution in [-0.2, 0) is 4.74 Å². The van der Waals surface area contributed by atoms with Crippen LogP contribution in [0.1, 0.15) is 23.2 Å². The first kappa shape index (κ1) is 14.6. The minimum atomic E-state index is -0.634. The van der Waals surface area contributed by atoms with E-state index < -0.39 is 5.54 Å². The number of amides is 1. The summed E-state index contributed by atoms with van der Waals surface area (Å²) in [6.45, 7) is 0.927. The van der Waals surface area contributed by atoms with Crippen molar-refractivity contribution in [2.75, 3.05) is 32.7 Å². The highest BCUT2D eigenvalue weighted by Gasteiger charge is 2.34. The van der Waals surface area contributed by atoms with Crippen molar-refractivity contribution in [2.45, 2.75) is 18.4 Å². The topological polar surface area (TPSA) is 93.8 Å². The molecule has 0 bridgehead atoms. The van der Waals surface area contributed by atoms with Gasteiger partial charge in [-0.15, -0.1) is 0 Å². The van der Waals surface area contributed by atoms with Crippen molar-refractivity contribution in [2.24, 2.45) is 0 Å². The van der Waals surface area contributed by atoms with Crippen LogP contribution in [-0.4, -0.2) is 43.5 Å². The van der Waals surface area contributed by atoms with E-state index in [1.165, 1.54) is 7.11 Å². The summed E-state index contributed by atoms with van der Waals surface area (Å²) in [7, 11) is 1.47. The quantitative estimate of drug-likeness (QED) is 0.700. The molecule has 0 spiro atoms. The first-order valence-corrected chi connectivity index (χ1v) is 6.55.